The number of nitrogens with zero attached hydrogens (tertiary/aromatic N) is 1. The molecule has 0 aromatic heterocycles. The van der Waals surface area contributed by atoms with Gasteiger partial charge in [-0.1, -0.05) is 20.8 Å². The fourth-order valence-electron chi connectivity index (χ4n) is 3.12. The van der Waals surface area contributed by atoms with Crippen molar-refractivity contribution in [3.63, 3.8) is 0 Å². The molecule has 2 amide bonds. The average Bonchev–Trinajstić information content (AvgIpc) is 2.85. The largest absolute Gasteiger partial charge is 0.444 e. The first kappa shape index (κ1) is 23.6. The van der Waals surface area contributed by atoms with E-state index >= 15 is 0 Å². The minimum atomic E-state index is -1.45. The molecule has 1 saturated heterocycles. The van der Waals surface area contributed by atoms with Crippen molar-refractivity contribution < 1.29 is 23.5 Å². The second-order valence-electron chi connectivity index (χ2n) is 9.43. The molecule has 1 heterocycles. The molecule has 1 aliphatic heterocycles. The van der Waals surface area contributed by atoms with Crippen LogP contribution in [0.5, 0.6) is 0 Å². The van der Waals surface area contributed by atoms with Gasteiger partial charge in [0.05, 0.1) is 6.42 Å². The summed E-state index contributed by atoms with van der Waals surface area (Å²) in [5, 5.41) is 2.47. The number of hydrogen-bond donors (Lipinski definition) is 1. The fraction of sp³-hybridized carbons (Fsp3) is 0.842. The van der Waals surface area contributed by atoms with E-state index in [0.717, 1.165) is 0 Å². The van der Waals surface area contributed by atoms with E-state index in [0.29, 0.717) is 13.0 Å². The third-order valence-electron chi connectivity index (χ3n) is 4.61. The fourth-order valence-corrected chi connectivity index (χ4v) is 4.11. The predicted molar refractivity (Wildman–Crippen MR) is 105 cm³/mol. The Labute approximate surface area is 164 Å². The van der Waals surface area contributed by atoms with Crippen molar-refractivity contribution in [1.29, 1.82) is 0 Å². The number of carbonyl (C=O) groups is 3. The van der Waals surface area contributed by atoms with E-state index in [1.54, 1.807) is 20.8 Å². The Kier molecular flexibility index (Phi) is 7.27. The summed E-state index contributed by atoms with van der Waals surface area (Å²) in [5.74, 6) is -0.752. The van der Waals surface area contributed by atoms with Crippen molar-refractivity contribution >= 4 is 26.8 Å². The maximum absolute atomic E-state index is 13.2. The number of amides is 2. The molecule has 0 aliphatic carbocycles. The molecule has 1 N–H and O–H groups in total. The van der Waals surface area contributed by atoms with Gasteiger partial charge in [0.15, 0.2) is 11.5 Å². The molecule has 1 fully saturated rings. The number of ketones is 1. The number of hydrogen-bond acceptors (Lipinski definition) is 5. The lowest BCUT2D eigenvalue weighted by Gasteiger charge is -2.38. The Balaban J connectivity index is 3.38. The molecule has 1 aliphatic rings. The molecule has 0 unspecified atom stereocenters. The molecular weight excluding hydrogens is 364 g/mol. The highest BCUT2D eigenvalue weighted by Gasteiger charge is 2.57. The van der Waals surface area contributed by atoms with Crippen LogP contribution in [0.15, 0.2) is 0 Å². The topological polar surface area (TPSA) is 84.9 Å². The lowest BCUT2D eigenvalue weighted by Crippen LogP contribution is -2.58. The smallest absolute Gasteiger partial charge is 0.412 e. The van der Waals surface area contributed by atoms with Gasteiger partial charge in [-0.2, -0.15) is 0 Å². The van der Waals surface area contributed by atoms with Gasteiger partial charge in [-0.05, 0) is 45.2 Å². The van der Waals surface area contributed by atoms with Crippen LogP contribution >= 0.6 is 0 Å². The second kappa shape index (κ2) is 8.30. The van der Waals surface area contributed by atoms with Gasteiger partial charge < -0.3 is 14.5 Å². The van der Waals surface area contributed by atoms with Crippen LogP contribution in [0.4, 0.5) is 4.79 Å². The molecule has 1 radical (unpaired) electrons. The van der Waals surface area contributed by atoms with Crippen LogP contribution in [0.25, 0.3) is 0 Å². The number of Topliss-reactive ketones (excluding diaryl/α,β-unsaturated/α-hetero) is 1. The van der Waals surface area contributed by atoms with Crippen molar-refractivity contribution in [2.24, 2.45) is 11.3 Å². The van der Waals surface area contributed by atoms with Gasteiger partial charge in [-0.25, -0.2) is 4.79 Å². The van der Waals surface area contributed by atoms with E-state index in [9.17, 15) is 14.4 Å². The third-order valence-corrected chi connectivity index (χ3v) is 5.36. The number of carbonyl (C=O) groups excluding carboxylic acids is 3. The van der Waals surface area contributed by atoms with E-state index < -0.39 is 38.1 Å². The van der Waals surface area contributed by atoms with Crippen LogP contribution < -0.4 is 5.32 Å². The molecular formula is C19H35N2O5Si. The third kappa shape index (κ3) is 6.04. The Bertz CT molecular complexity index is 580. The SMILES string of the molecule is CNC(=O)CC(=O)[C@@]1(O[Si](C)C)C[C@H](C(C)(C)C)CN1C(=O)OC(C)(C)C. The monoisotopic (exact) mass is 399 g/mol. The summed E-state index contributed by atoms with van der Waals surface area (Å²) in [5.41, 5.74) is -2.28. The molecule has 2 atom stereocenters. The van der Waals surface area contributed by atoms with Crippen molar-refractivity contribution in [3.8, 4) is 0 Å². The van der Waals surface area contributed by atoms with E-state index in [2.05, 4.69) is 26.1 Å². The van der Waals surface area contributed by atoms with Crippen molar-refractivity contribution in [1.82, 2.24) is 10.2 Å². The van der Waals surface area contributed by atoms with E-state index in [-0.39, 0.29) is 17.8 Å². The highest BCUT2D eigenvalue weighted by molar-refractivity contribution is 6.48. The van der Waals surface area contributed by atoms with Gasteiger partial charge in [0.25, 0.3) is 0 Å². The summed E-state index contributed by atoms with van der Waals surface area (Å²) in [6.07, 6.45) is -0.550. The van der Waals surface area contributed by atoms with Crippen molar-refractivity contribution in [2.45, 2.75) is 78.8 Å². The van der Waals surface area contributed by atoms with Crippen LogP contribution in [0.2, 0.25) is 13.1 Å². The zero-order valence-electron chi connectivity index (χ0n) is 18.2. The number of nitrogens with one attached hydrogen (secondary N) is 1. The lowest BCUT2D eigenvalue weighted by molar-refractivity contribution is -0.151. The quantitative estimate of drug-likeness (QED) is 0.567. The van der Waals surface area contributed by atoms with Gasteiger partial charge in [0, 0.05) is 20.0 Å². The molecule has 27 heavy (non-hydrogen) atoms. The normalized spacial score (nSPS) is 23.5. The van der Waals surface area contributed by atoms with Crippen LogP contribution in [0, 0.1) is 11.3 Å². The number of rotatable bonds is 5. The number of likely N-dealkylation sites (tertiary alicyclic amines) is 1. The highest BCUT2D eigenvalue weighted by Crippen LogP contribution is 2.44. The molecule has 7 nitrogen and oxygen atoms in total. The van der Waals surface area contributed by atoms with E-state index in [1.807, 2.05) is 13.1 Å². The lowest BCUT2D eigenvalue weighted by atomic mass is 9.78. The first-order chi connectivity index (χ1) is 12.1. The summed E-state index contributed by atoms with van der Waals surface area (Å²) in [6.45, 7) is 15.8. The minimum absolute atomic E-state index is 0.0417. The Morgan fingerprint density at radius 1 is 1.15 bits per heavy atom. The van der Waals surface area contributed by atoms with Crippen LogP contribution in [0.1, 0.15) is 54.4 Å². The first-order valence-electron chi connectivity index (χ1n) is 9.36. The zero-order chi connectivity index (χ0) is 21.2. The maximum atomic E-state index is 13.2. The molecule has 1 rings (SSSR count). The van der Waals surface area contributed by atoms with Gasteiger partial charge in [0.1, 0.15) is 5.60 Å². The second-order valence-corrected chi connectivity index (χ2v) is 11.4. The minimum Gasteiger partial charge on any atom is -0.444 e. The highest BCUT2D eigenvalue weighted by atomic mass is 28.3. The number of ether oxygens (including phenoxy) is 1. The first-order valence-corrected chi connectivity index (χ1v) is 11.8. The maximum Gasteiger partial charge on any atom is 0.412 e. The van der Waals surface area contributed by atoms with Crippen LogP contribution in [-0.4, -0.2) is 56.6 Å². The average molecular weight is 400 g/mol. The predicted octanol–water partition coefficient (Wildman–Crippen LogP) is 2.96. The van der Waals surface area contributed by atoms with Gasteiger partial charge in [-0.3, -0.25) is 14.5 Å². The Hall–Kier alpha value is -1.41. The Morgan fingerprint density at radius 3 is 2.11 bits per heavy atom. The molecule has 0 aromatic rings. The van der Waals surface area contributed by atoms with Gasteiger partial charge in [-0.15, -0.1) is 0 Å². The zero-order valence-corrected chi connectivity index (χ0v) is 19.2. The van der Waals surface area contributed by atoms with Gasteiger partial charge in [0.2, 0.25) is 14.9 Å². The summed E-state index contributed by atoms with van der Waals surface area (Å²) in [6, 6.07) is 0. The molecule has 0 aromatic carbocycles. The van der Waals surface area contributed by atoms with Crippen LogP contribution in [-0.2, 0) is 18.8 Å². The molecule has 0 bridgehead atoms. The molecule has 0 spiro atoms. The Morgan fingerprint density at radius 2 is 1.70 bits per heavy atom. The standard InChI is InChI=1S/C19H35N2O5Si/c1-17(2,3)13-11-19(26-27(8)9,14(22)10-15(23)20-7)21(12-13)16(24)25-18(4,5)6/h13H,10-12H2,1-9H3,(H,20,23)/t13-,19-/m0/s1. The molecule has 0 saturated carbocycles. The van der Waals surface area contributed by atoms with Crippen LogP contribution in [0.3, 0.4) is 0 Å². The molecule has 8 heteroatoms. The van der Waals surface area contributed by atoms with Gasteiger partial charge >= 0.3 is 6.09 Å². The molecule has 155 valence electrons. The van der Waals surface area contributed by atoms with E-state index in [1.165, 1.54) is 11.9 Å². The van der Waals surface area contributed by atoms with Crippen molar-refractivity contribution in [3.05, 3.63) is 0 Å². The summed E-state index contributed by atoms with van der Waals surface area (Å²) >= 11 is 0. The summed E-state index contributed by atoms with van der Waals surface area (Å²) < 4.78 is 11.7. The van der Waals surface area contributed by atoms with Crippen molar-refractivity contribution in [2.75, 3.05) is 13.6 Å². The van der Waals surface area contributed by atoms with E-state index in [4.69, 9.17) is 9.16 Å². The summed E-state index contributed by atoms with van der Waals surface area (Å²) in [4.78, 5) is 39.5. The summed E-state index contributed by atoms with van der Waals surface area (Å²) in [7, 11) is 0.142.